The monoisotopic (exact) mass is 424 g/mol. The van der Waals surface area contributed by atoms with Crippen molar-refractivity contribution in [1.82, 2.24) is 0 Å². The zero-order valence-electron chi connectivity index (χ0n) is 19.1. The number of hydrogen-bond donors (Lipinski definition) is 1. The van der Waals surface area contributed by atoms with E-state index < -0.39 is 23.0 Å². The number of Topliss-reactive ketones (excluding diaryl/α,β-unsaturated/α-hetero) is 1. The van der Waals surface area contributed by atoms with Crippen LogP contribution in [0.15, 0.2) is 35.4 Å². The van der Waals surface area contributed by atoms with Crippen molar-refractivity contribution in [1.29, 1.82) is 0 Å². The number of fused-ring (bicyclic) bond motifs is 2. The van der Waals surface area contributed by atoms with Crippen molar-refractivity contribution in [3.63, 3.8) is 0 Å². The van der Waals surface area contributed by atoms with Crippen molar-refractivity contribution in [2.75, 3.05) is 6.61 Å². The van der Waals surface area contributed by atoms with Gasteiger partial charge in [-0.2, -0.15) is 0 Å². The molecule has 3 aliphatic carbocycles. The number of allylic oxidation sites excluding steroid dienone is 2. The third kappa shape index (κ3) is 3.25. The lowest BCUT2D eigenvalue weighted by Gasteiger charge is -2.58. The number of aryl methyl sites for hydroxylation is 2. The van der Waals surface area contributed by atoms with Gasteiger partial charge in [-0.3, -0.25) is 4.79 Å². The summed E-state index contributed by atoms with van der Waals surface area (Å²) in [5.74, 6) is 0.0332. The molecule has 0 aromatic heterocycles. The minimum atomic E-state index is -1.24. The molecule has 5 heteroatoms. The van der Waals surface area contributed by atoms with E-state index in [9.17, 15) is 14.7 Å². The fourth-order valence-corrected chi connectivity index (χ4v) is 5.58. The van der Waals surface area contributed by atoms with Crippen LogP contribution in [0.25, 0.3) is 0 Å². The molecule has 5 rings (SSSR count). The van der Waals surface area contributed by atoms with E-state index in [1.807, 2.05) is 39.8 Å². The Labute approximate surface area is 184 Å². The first-order chi connectivity index (χ1) is 14.6. The zero-order valence-corrected chi connectivity index (χ0v) is 19.1. The molecule has 166 valence electrons. The Morgan fingerprint density at radius 3 is 2.65 bits per heavy atom. The fourth-order valence-electron chi connectivity index (χ4n) is 5.58. The Morgan fingerprint density at radius 1 is 1.26 bits per heavy atom. The maximum Gasteiger partial charge on any atom is 0.334 e. The van der Waals surface area contributed by atoms with E-state index in [0.717, 1.165) is 17.5 Å². The number of aliphatic hydroxyl groups is 1. The van der Waals surface area contributed by atoms with Gasteiger partial charge in [0.05, 0.1) is 18.3 Å². The van der Waals surface area contributed by atoms with Crippen LogP contribution in [-0.4, -0.2) is 35.7 Å². The minimum absolute atomic E-state index is 0.159. The van der Waals surface area contributed by atoms with Gasteiger partial charge in [0.1, 0.15) is 17.3 Å². The van der Waals surface area contributed by atoms with Crippen molar-refractivity contribution >= 4 is 11.8 Å². The smallest absolute Gasteiger partial charge is 0.334 e. The molecule has 1 fully saturated rings. The highest BCUT2D eigenvalue weighted by Crippen LogP contribution is 2.62. The molecule has 1 spiro atoms. The molecule has 31 heavy (non-hydrogen) atoms. The van der Waals surface area contributed by atoms with Crippen LogP contribution in [0.4, 0.5) is 0 Å². The van der Waals surface area contributed by atoms with Crippen LogP contribution in [-0.2, 0) is 9.53 Å². The maximum atomic E-state index is 13.8. The molecule has 1 saturated carbocycles. The second kappa shape index (κ2) is 7.63. The molecule has 0 saturated heterocycles. The van der Waals surface area contributed by atoms with Crippen molar-refractivity contribution in [3.05, 3.63) is 52.1 Å². The highest BCUT2D eigenvalue weighted by Gasteiger charge is 2.66. The van der Waals surface area contributed by atoms with Gasteiger partial charge in [0.15, 0.2) is 5.78 Å². The molecule has 0 amide bonds. The summed E-state index contributed by atoms with van der Waals surface area (Å²) in [7, 11) is 0. The average Bonchev–Trinajstić information content (AvgIpc) is 2.69. The fraction of sp³-hybridized carbons (Fsp3) is 0.538. The summed E-state index contributed by atoms with van der Waals surface area (Å²) in [6, 6.07) is 3.75. The number of benzene rings is 1. The van der Waals surface area contributed by atoms with Gasteiger partial charge >= 0.3 is 5.97 Å². The number of hydrogen-bond acceptors (Lipinski definition) is 5. The highest BCUT2D eigenvalue weighted by atomic mass is 16.5. The lowest BCUT2D eigenvalue weighted by atomic mass is 9.48. The molecule has 1 aliphatic heterocycles. The topological polar surface area (TPSA) is 72.8 Å². The number of ketones is 1. The molecule has 1 aromatic rings. The van der Waals surface area contributed by atoms with Gasteiger partial charge in [0.25, 0.3) is 0 Å². The summed E-state index contributed by atoms with van der Waals surface area (Å²) < 4.78 is 11.8. The molecule has 4 atom stereocenters. The van der Waals surface area contributed by atoms with Crippen molar-refractivity contribution in [3.8, 4) is 5.75 Å². The first kappa shape index (κ1) is 21.8. The predicted molar refractivity (Wildman–Crippen MR) is 118 cm³/mol. The van der Waals surface area contributed by atoms with Crippen LogP contribution >= 0.6 is 0 Å². The molecule has 1 aromatic carbocycles. The Morgan fingerprint density at radius 2 is 1.97 bits per heavy atom. The van der Waals surface area contributed by atoms with Gasteiger partial charge in [-0.25, -0.2) is 4.79 Å². The van der Waals surface area contributed by atoms with Gasteiger partial charge in [-0.05, 0) is 83.6 Å². The van der Waals surface area contributed by atoms with Gasteiger partial charge < -0.3 is 14.6 Å². The molecule has 4 aliphatic rings. The third-order valence-corrected chi connectivity index (χ3v) is 7.37. The van der Waals surface area contributed by atoms with E-state index in [1.54, 1.807) is 13.0 Å². The van der Waals surface area contributed by atoms with Crippen LogP contribution in [0.2, 0.25) is 0 Å². The summed E-state index contributed by atoms with van der Waals surface area (Å²) in [5.41, 5.74) is 2.47. The molecule has 2 bridgehead atoms. The number of rotatable bonds is 5. The SMILES string of the molecule is CCOC(=O)C1=C[C@]23C(=O)c4cc(C)c(C)cc4O[C@H]2C[C@@]1(CCC=C(C)C)C[C@@H]3O. The Balaban J connectivity index is 1.85. The third-order valence-electron chi connectivity index (χ3n) is 7.37. The summed E-state index contributed by atoms with van der Waals surface area (Å²) >= 11 is 0. The highest BCUT2D eigenvalue weighted by molar-refractivity contribution is 6.08. The van der Waals surface area contributed by atoms with Crippen LogP contribution in [0.1, 0.15) is 67.9 Å². The Bertz CT molecular complexity index is 999. The largest absolute Gasteiger partial charge is 0.488 e. The first-order valence-corrected chi connectivity index (χ1v) is 11.2. The Hall–Kier alpha value is -2.40. The van der Waals surface area contributed by atoms with E-state index in [-0.39, 0.29) is 18.4 Å². The average molecular weight is 425 g/mol. The van der Waals surface area contributed by atoms with Crippen LogP contribution in [0.3, 0.4) is 0 Å². The number of esters is 1. The minimum Gasteiger partial charge on any atom is -0.488 e. The van der Waals surface area contributed by atoms with Crippen molar-refractivity contribution in [2.24, 2.45) is 10.8 Å². The molecule has 0 unspecified atom stereocenters. The van der Waals surface area contributed by atoms with E-state index in [1.165, 1.54) is 5.57 Å². The van der Waals surface area contributed by atoms with Gasteiger partial charge in [0, 0.05) is 11.0 Å². The zero-order chi connectivity index (χ0) is 22.6. The van der Waals surface area contributed by atoms with E-state index in [2.05, 4.69) is 6.08 Å². The molecule has 1 N–H and O–H groups in total. The van der Waals surface area contributed by atoms with Gasteiger partial charge in [-0.1, -0.05) is 17.7 Å². The summed E-state index contributed by atoms with van der Waals surface area (Å²) in [6.07, 6.45) is 4.81. The Kier molecular flexibility index (Phi) is 5.37. The van der Waals surface area contributed by atoms with Gasteiger partial charge in [0.2, 0.25) is 0 Å². The van der Waals surface area contributed by atoms with Crippen LogP contribution in [0.5, 0.6) is 5.75 Å². The quantitative estimate of drug-likeness (QED) is 0.551. The molecule has 1 heterocycles. The molecular formula is C26H32O5. The van der Waals surface area contributed by atoms with E-state index in [0.29, 0.717) is 36.1 Å². The van der Waals surface area contributed by atoms with E-state index in [4.69, 9.17) is 9.47 Å². The molecule has 0 radical (unpaired) electrons. The normalized spacial score (nSPS) is 30.6. The summed E-state index contributed by atoms with van der Waals surface area (Å²) in [5, 5.41) is 11.3. The number of carbonyl (C=O) groups is 2. The predicted octanol–water partition coefficient (Wildman–Crippen LogP) is 4.62. The van der Waals surface area contributed by atoms with Crippen molar-refractivity contribution < 1.29 is 24.2 Å². The summed E-state index contributed by atoms with van der Waals surface area (Å²) in [6.45, 7) is 10.1. The molecular weight excluding hydrogens is 392 g/mol. The molecule has 5 nitrogen and oxygen atoms in total. The standard InChI is InChI=1S/C26H32O5/c1-6-30-24(29)19-12-26-21(27)13-25(19,9-7-8-15(2)3)14-22(26)31-20-11-17(5)16(4)10-18(20)23(26)28/h8,10-12,21-22,27H,6-7,9,13-14H2,1-5H3/t21-,22-,25+,26+/m0/s1. The lowest BCUT2D eigenvalue weighted by Crippen LogP contribution is -2.65. The second-order valence-corrected chi connectivity index (χ2v) is 9.60. The maximum absolute atomic E-state index is 13.8. The lowest BCUT2D eigenvalue weighted by molar-refractivity contribution is -0.145. The second-order valence-electron chi connectivity index (χ2n) is 9.60. The number of ether oxygens (including phenoxy) is 2. The van der Waals surface area contributed by atoms with Gasteiger partial charge in [-0.15, -0.1) is 0 Å². The van der Waals surface area contributed by atoms with E-state index >= 15 is 0 Å². The number of aliphatic hydroxyl groups excluding tert-OH is 1. The number of carbonyl (C=O) groups excluding carboxylic acids is 2. The summed E-state index contributed by atoms with van der Waals surface area (Å²) in [4.78, 5) is 26.8. The van der Waals surface area contributed by atoms with Crippen LogP contribution < -0.4 is 4.74 Å². The van der Waals surface area contributed by atoms with Crippen molar-refractivity contribution in [2.45, 2.75) is 72.5 Å². The van der Waals surface area contributed by atoms with Crippen LogP contribution in [0, 0.1) is 24.7 Å². The first-order valence-electron chi connectivity index (χ1n) is 11.2.